The van der Waals surface area contributed by atoms with E-state index in [-0.39, 0.29) is 12.1 Å². The van der Waals surface area contributed by atoms with E-state index in [2.05, 4.69) is 25.7 Å². The van der Waals surface area contributed by atoms with Crippen LogP contribution in [0.1, 0.15) is 58.1 Å². The third-order valence-electron chi connectivity index (χ3n) is 5.53. The number of piperidine rings is 1. The molecule has 1 aromatic rings. The number of benzene rings is 1. The van der Waals surface area contributed by atoms with E-state index in [1.807, 2.05) is 30.3 Å². The van der Waals surface area contributed by atoms with Gasteiger partial charge in [-0.25, -0.2) is 0 Å². The molecular weight excluding hydrogens is 246 g/mol. The van der Waals surface area contributed by atoms with Gasteiger partial charge in [0.1, 0.15) is 0 Å². The highest BCUT2D eigenvalue weighted by atomic mass is 16.3. The fraction of sp³-hybridized carbons (Fsp3) is 0.667. The average Bonchev–Trinajstić information content (AvgIpc) is 2.54. The lowest BCUT2D eigenvalue weighted by Crippen LogP contribution is -2.46. The molecule has 1 heterocycles. The molecule has 2 nitrogen and oxygen atoms in total. The molecule has 0 amide bonds. The predicted octanol–water partition coefficient (Wildman–Crippen LogP) is 4.01. The van der Waals surface area contributed by atoms with Crippen LogP contribution in [0.15, 0.2) is 30.3 Å². The molecule has 0 aliphatic carbocycles. The molecule has 0 radical (unpaired) electrons. The van der Waals surface area contributed by atoms with E-state index >= 15 is 0 Å². The number of aliphatic hydroxyl groups is 1. The molecule has 1 N–H and O–H groups in total. The minimum absolute atomic E-state index is 0.198. The highest BCUT2D eigenvalue weighted by Crippen LogP contribution is 2.39. The van der Waals surface area contributed by atoms with Gasteiger partial charge in [-0.2, -0.15) is 0 Å². The first-order valence-electron chi connectivity index (χ1n) is 8.09. The lowest BCUT2D eigenvalue weighted by atomic mass is 9.74. The lowest BCUT2D eigenvalue weighted by molar-refractivity contribution is 0.0121. The minimum Gasteiger partial charge on any atom is -0.387 e. The van der Waals surface area contributed by atoms with Gasteiger partial charge in [0.25, 0.3) is 0 Å². The van der Waals surface area contributed by atoms with Crippen molar-refractivity contribution < 1.29 is 5.11 Å². The van der Waals surface area contributed by atoms with Gasteiger partial charge in [-0.1, -0.05) is 57.0 Å². The molecule has 1 fully saturated rings. The Morgan fingerprint density at radius 2 is 1.65 bits per heavy atom. The molecule has 2 atom stereocenters. The molecule has 1 aromatic carbocycles. The van der Waals surface area contributed by atoms with Crippen LogP contribution in [-0.2, 0) is 0 Å². The summed E-state index contributed by atoms with van der Waals surface area (Å²) in [5.41, 5.74) is 1.58. The largest absolute Gasteiger partial charge is 0.387 e. The Hall–Kier alpha value is -0.860. The predicted molar refractivity (Wildman–Crippen MR) is 84.7 cm³/mol. The summed E-state index contributed by atoms with van der Waals surface area (Å²) in [6, 6.07) is 10.2. The molecule has 20 heavy (non-hydrogen) atoms. The monoisotopic (exact) mass is 275 g/mol. The molecule has 2 heteroatoms. The fourth-order valence-electron chi connectivity index (χ4n) is 3.49. The van der Waals surface area contributed by atoms with E-state index in [4.69, 9.17) is 0 Å². The summed E-state index contributed by atoms with van der Waals surface area (Å²) in [6.07, 6.45) is 4.73. The van der Waals surface area contributed by atoms with Crippen molar-refractivity contribution in [1.29, 1.82) is 0 Å². The fourth-order valence-corrected chi connectivity index (χ4v) is 3.49. The molecule has 0 saturated carbocycles. The van der Waals surface area contributed by atoms with Gasteiger partial charge in [-0.3, -0.25) is 4.90 Å². The van der Waals surface area contributed by atoms with Crippen LogP contribution in [-0.4, -0.2) is 29.1 Å². The van der Waals surface area contributed by atoms with Crippen LogP contribution in [0.5, 0.6) is 0 Å². The zero-order valence-corrected chi connectivity index (χ0v) is 13.2. The van der Waals surface area contributed by atoms with Gasteiger partial charge in [0.05, 0.1) is 6.10 Å². The molecule has 0 spiro atoms. The van der Waals surface area contributed by atoms with E-state index < -0.39 is 0 Å². The van der Waals surface area contributed by atoms with Crippen molar-refractivity contribution in [2.24, 2.45) is 5.41 Å². The third-order valence-corrected chi connectivity index (χ3v) is 5.53. The van der Waals surface area contributed by atoms with E-state index in [0.717, 1.165) is 18.7 Å². The second-order valence-electron chi connectivity index (χ2n) is 6.34. The van der Waals surface area contributed by atoms with Gasteiger partial charge in [0.2, 0.25) is 0 Å². The van der Waals surface area contributed by atoms with Crippen molar-refractivity contribution in [3.63, 3.8) is 0 Å². The number of rotatable bonds is 5. The molecule has 1 aliphatic rings. The Morgan fingerprint density at radius 3 is 2.15 bits per heavy atom. The smallest absolute Gasteiger partial charge is 0.0942 e. The first-order valence-corrected chi connectivity index (χ1v) is 8.09. The van der Waals surface area contributed by atoms with Gasteiger partial charge < -0.3 is 5.11 Å². The van der Waals surface area contributed by atoms with Crippen LogP contribution in [0.4, 0.5) is 0 Å². The van der Waals surface area contributed by atoms with Gasteiger partial charge in [-0.15, -0.1) is 0 Å². The van der Waals surface area contributed by atoms with E-state index in [9.17, 15) is 5.11 Å². The van der Waals surface area contributed by atoms with Crippen LogP contribution in [0, 0.1) is 5.41 Å². The maximum absolute atomic E-state index is 10.5. The topological polar surface area (TPSA) is 23.5 Å². The Morgan fingerprint density at radius 1 is 1.10 bits per heavy atom. The van der Waals surface area contributed by atoms with Crippen LogP contribution in [0.2, 0.25) is 0 Å². The van der Waals surface area contributed by atoms with Gasteiger partial charge in [-0.05, 0) is 43.8 Å². The van der Waals surface area contributed by atoms with Crippen molar-refractivity contribution in [3.05, 3.63) is 35.9 Å². The summed E-state index contributed by atoms with van der Waals surface area (Å²) in [7, 11) is 0. The maximum Gasteiger partial charge on any atom is 0.0942 e. The van der Waals surface area contributed by atoms with Crippen molar-refractivity contribution in [2.75, 3.05) is 13.1 Å². The number of aliphatic hydroxyl groups excluding tert-OH is 1. The van der Waals surface area contributed by atoms with Crippen molar-refractivity contribution in [3.8, 4) is 0 Å². The van der Waals surface area contributed by atoms with Crippen molar-refractivity contribution in [1.82, 2.24) is 4.90 Å². The highest BCUT2D eigenvalue weighted by molar-refractivity contribution is 5.18. The molecule has 1 aliphatic heterocycles. The van der Waals surface area contributed by atoms with E-state index in [1.54, 1.807) is 0 Å². The van der Waals surface area contributed by atoms with Crippen LogP contribution >= 0.6 is 0 Å². The first-order chi connectivity index (χ1) is 9.62. The Kier molecular flexibility index (Phi) is 5.22. The Bertz CT molecular complexity index is 389. The first kappa shape index (κ1) is 15.5. The van der Waals surface area contributed by atoms with Crippen LogP contribution in [0.3, 0.4) is 0 Å². The summed E-state index contributed by atoms with van der Waals surface area (Å²) in [5, 5.41) is 10.5. The Labute approximate surface area is 123 Å². The number of nitrogens with zero attached hydrogens (tertiary/aromatic N) is 1. The molecule has 1 saturated heterocycles. The van der Waals surface area contributed by atoms with Crippen molar-refractivity contribution in [2.45, 2.75) is 58.6 Å². The van der Waals surface area contributed by atoms with Gasteiger partial charge in [0.15, 0.2) is 0 Å². The number of hydrogen-bond donors (Lipinski definition) is 1. The van der Waals surface area contributed by atoms with Crippen molar-refractivity contribution >= 4 is 0 Å². The quantitative estimate of drug-likeness (QED) is 0.877. The Balaban J connectivity index is 1.96. The zero-order chi connectivity index (χ0) is 14.6. The maximum atomic E-state index is 10.5. The summed E-state index contributed by atoms with van der Waals surface area (Å²) in [6.45, 7) is 9.03. The lowest BCUT2D eigenvalue weighted by Gasteiger charge is -2.44. The zero-order valence-electron chi connectivity index (χ0n) is 13.2. The molecular formula is C18H29NO. The van der Waals surface area contributed by atoms with Crippen LogP contribution in [0.25, 0.3) is 0 Å². The number of likely N-dealkylation sites (tertiary alicyclic amines) is 1. The molecule has 2 rings (SSSR count). The second kappa shape index (κ2) is 6.73. The standard InChI is InChI=1S/C18H29NO/c1-4-18(5-2)11-13-19(14-12-18)15(3)17(20)16-9-7-6-8-10-16/h6-10,15,17,20H,4-5,11-14H2,1-3H3. The van der Waals surface area contributed by atoms with Gasteiger partial charge in [0, 0.05) is 6.04 Å². The highest BCUT2D eigenvalue weighted by Gasteiger charge is 2.34. The third kappa shape index (κ3) is 3.24. The second-order valence-corrected chi connectivity index (χ2v) is 6.34. The molecule has 2 unspecified atom stereocenters. The normalized spacial score (nSPS) is 22.4. The summed E-state index contributed by atoms with van der Waals surface area (Å²) < 4.78 is 0. The van der Waals surface area contributed by atoms with E-state index in [1.165, 1.54) is 25.7 Å². The van der Waals surface area contributed by atoms with E-state index in [0.29, 0.717) is 5.41 Å². The molecule has 0 bridgehead atoms. The summed E-state index contributed by atoms with van der Waals surface area (Å²) in [4.78, 5) is 2.46. The minimum atomic E-state index is -0.382. The number of hydrogen-bond acceptors (Lipinski definition) is 2. The SMILES string of the molecule is CCC1(CC)CCN(C(C)C(O)c2ccccc2)CC1. The van der Waals surface area contributed by atoms with Gasteiger partial charge >= 0.3 is 0 Å². The molecule has 0 aromatic heterocycles. The average molecular weight is 275 g/mol. The molecule has 112 valence electrons. The summed E-state index contributed by atoms with van der Waals surface area (Å²) >= 11 is 0. The van der Waals surface area contributed by atoms with Crippen LogP contribution < -0.4 is 0 Å². The summed E-state index contributed by atoms with van der Waals surface area (Å²) in [5.74, 6) is 0.